The summed E-state index contributed by atoms with van der Waals surface area (Å²) in [6.45, 7) is 3.01. The van der Waals surface area contributed by atoms with Gasteiger partial charge in [0, 0.05) is 12.1 Å². The molecule has 4 heteroatoms. The van der Waals surface area contributed by atoms with Crippen LogP contribution >= 0.6 is 15.9 Å². The van der Waals surface area contributed by atoms with E-state index in [2.05, 4.69) is 20.8 Å². The zero-order chi connectivity index (χ0) is 13.7. The first-order valence-electron chi connectivity index (χ1n) is 6.75. The highest BCUT2D eigenvalue weighted by Crippen LogP contribution is 2.17. The van der Waals surface area contributed by atoms with Crippen molar-refractivity contribution in [1.29, 1.82) is 0 Å². The van der Waals surface area contributed by atoms with Crippen molar-refractivity contribution in [2.75, 3.05) is 26.7 Å². The predicted octanol–water partition coefficient (Wildman–Crippen LogP) is 3.13. The van der Waals surface area contributed by atoms with Crippen molar-refractivity contribution in [3.05, 3.63) is 29.8 Å². The molecule has 19 heavy (non-hydrogen) atoms. The summed E-state index contributed by atoms with van der Waals surface area (Å²) in [5, 5.41) is 0. The highest BCUT2D eigenvalue weighted by molar-refractivity contribution is 9.10. The van der Waals surface area contributed by atoms with Gasteiger partial charge in [0.15, 0.2) is 5.78 Å². The van der Waals surface area contributed by atoms with Gasteiger partial charge in [-0.3, -0.25) is 4.79 Å². The number of Topliss-reactive ketones (excluding diaryl/α,β-unsaturated/α-hetero) is 1. The number of likely N-dealkylation sites (tertiary alicyclic amines) is 1. The zero-order valence-corrected chi connectivity index (χ0v) is 12.9. The quantitative estimate of drug-likeness (QED) is 0.615. The molecule has 0 saturated carbocycles. The number of carbonyl (C=O) groups excluding carboxylic acids is 1. The molecule has 0 bridgehead atoms. The fourth-order valence-corrected chi connectivity index (χ4v) is 3.06. The second-order valence-electron chi connectivity index (χ2n) is 4.92. The summed E-state index contributed by atoms with van der Waals surface area (Å²) in [6, 6.07) is 7.30. The van der Waals surface area contributed by atoms with E-state index in [9.17, 15) is 4.79 Å². The van der Waals surface area contributed by atoms with E-state index in [0.29, 0.717) is 0 Å². The predicted molar refractivity (Wildman–Crippen MR) is 80.3 cm³/mol. The summed E-state index contributed by atoms with van der Waals surface area (Å²) in [5.41, 5.74) is 0.736. The minimum atomic E-state index is -0.126. The average molecular weight is 326 g/mol. The van der Waals surface area contributed by atoms with Crippen molar-refractivity contribution in [2.45, 2.75) is 24.1 Å². The number of hydrogen-bond acceptors (Lipinski definition) is 3. The maximum absolute atomic E-state index is 12.3. The Morgan fingerprint density at radius 3 is 2.47 bits per heavy atom. The number of carbonyl (C=O) groups is 1. The summed E-state index contributed by atoms with van der Waals surface area (Å²) in [4.78, 5) is 14.5. The molecule has 1 aromatic carbocycles. The van der Waals surface area contributed by atoms with Gasteiger partial charge in [-0.25, -0.2) is 0 Å². The number of rotatable bonds is 5. The fourth-order valence-electron chi connectivity index (χ4n) is 2.39. The van der Waals surface area contributed by atoms with Gasteiger partial charge in [-0.05, 0) is 50.2 Å². The van der Waals surface area contributed by atoms with E-state index >= 15 is 0 Å². The van der Waals surface area contributed by atoms with Crippen molar-refractivity contribution in [3.8, 4) is 5.75 Å². The van der Waals surface area contributed by atoms with Crippen LogP contribution < -0.4 is 4.74 Å². The van der Waals surface area contributed by atoms with Crippen molar-refractivity contribution in [1.82, 2.24) is 4.90 Å². The Bertz CT molecular complexity index is 413. The molecule has 104 valence electrons. The molecule has 1 aliphatic heterocycles. The lowest BCUT2D eigenvalue weighted by Crippen LogP contribution is -2.37. The molecule has 2 rings (SSSR count). The lowest BCUT2D eigenvalue weighted by atomic mass is 10.1. The minimum absolute atomic E-state index is 0.126. The zero-order valence-electron chi connectivity index (χ0n) is 11.3. The number of ether oxygens (including phenoxy) is 1. The Hall–Kier alpha value is -0.870. The van der Waals surface area contributed by atoms with Gasteiger partial charge in [-0.1, -0.05) is 22.4 Å². The van der Waals surface area contributed by atoms with E-state index in [0.717, 1.165) is 30.9 Å². The van der Waals surface area contributed by atoms with Crippen LogP contribution in [0.5, 0.6) is 5.75 Å². The second kappa shape index (κ2) is 7.06. The molecule has 0 radical (unpaired) electrons. The van der Waals surface area contributed by atoms with Gasteiger partial charge >= 0.3 is 0 Å². The third-order valence-electron chi connectivity index (χ3n) is 3.53. The first-order chi connectivity index (χ1) is 9.20. The van der Waals surface area contributed by atoms with Crippen molar-refractivity contribution >= 4 is 21.7 Å². The van der Waals surface area contributed by atoms with Crippen LogP contribution in [0.3, 0.4) is 0 Å². The van der Waals surface area contributed by atoms with Crippen molar-refractivity contribution in [2.24, 2.45) is 0 Å². The van der Waals surface area contributed by atoms with E-state index < -0.39 is 0 Å². The number of halogens is 1. The summed E-state index contributed by atoms with van der Waals surface area (Å²) in [5.74, 6) is 0.923. The van der Waals surface area contributed by atoms with E-state index in [1.54, 1.807) is 7.11 Å². The highest BCUT2D eigenvalue weighted by Gasteiger charge is 2.21. The van der Waals surface area contributed by atoms with Crippen LogP contribution in [0.4, 0.5) is 0 Å². The molecule has 1 fully saturated rings. The summed E-state index contributed by atoms with van der Waals surface area (Å²) < 4.78 is 5.10. The highest BCUT2D eigenvalue weighted by atomic mass is 79.9. The minimum Gasteiger partial charge on any atom is -0.497 e. The smallest absolute Gasteiger partial charge is 0.177 e. The van der Waals surface area contributed by atoms with E-state index in [1.165, 1.54) is 19.3 Å². The number of ketones is 1. The van der Waals surface area contributed by atoms with Crippen molar-refractivity contribution in [3.63, 3.8) is 0 Å². The molecule has 0 N–H and O–H groups in total. The van der Waals surface area contributed by atoms with Gasteiger partial charge in [-0.15, -0.1) is 0 Å². The van der Waals surface area contributed by atoms with E-state index in [1.807, 2.05) is 24.3 Å². The first kappa shape index (κ1) is 14.5. The van der Waals surface area contributed by atoms with Gasteiger partial charge in [0.25, 0.3) is 0 Å². The number of methoxy groups -OCH3 is 1. The van der Waals surface area contributed by atoms with E-state index in [-0.39, 0.29) is 10.6 Å². The van der Waals surface area contributed by atoms with Crippen LogP contribution in [0.15, 0.2) is 24.3 Å². The molecule has 0 spiro atoms. The molecule has 1 aliphatic rings. The Balaban J connectivity index is 1.93. The molecule has 1 atom stereocenters. The third-order valence-corrected chi connectivity index (χ3v) is 4.23. The van der Waals surface area contributed by atoms with Gasteiger partial charge in [-0.2, -0.15) is 0 Å². The maximum Gasteiger partial charge on any atom is 0.177 e. The maximum atomic E-state index is 12.3. The molecular weight excluding hydrogens is 306 g/mol. The Morgan fingerprint density at radius 1 is 1.26 bits per heavy atom. The topological polar surface area (TPSA) is 29.5 Å². The summed E-state index contributed by atoms with van der Waals surface area (Å²) in [6.07, 6.45) is 3.81. The number of piperidine rings is 1. The van der Waals surface area contributed by atoms with Crippen LogP contribution in [0.25, 0.3) is 0 Å². The lowest BCUT2D eigenvalue weighted by molar-refractivity contribution is 0.0970. The largest absolute Gasteiger partial charge is 0.497 e. The lowest BCUT2D eigenvalue weighted by Gasteiger charge is -2.27. The van der Waals surface area contributed by atoms with Crippen LogP contribution in [0.2, 0.25) is 0 Å². The molecule has 1 aromatic rings. The number of benzene rings is 1. The number of alkyl halides is 1. The number of nitrogens with zero attached hydrogens (tertiary/aromatic N) is 1. The third kappa shape index (κ3) is 4.05. The van der Waals surface area contributed by atoms with E-state index in [4.69, 9.17) is 4.74 Å². The molecule has 0 unspecified atom stereocenters. The average Bonchev–Trinajstić information content (AvgIpc) is 2.47. The first-order valence-corrected chi connectivity index (χ1v) is 7.67. The molecule has 1 saturated heterocycles. The van der Waals surface area contributed by atoms with Crippen LogP contribution in [-0.2, 0) is 0 Å². The van der Waals surface area contributed by atoms with Crippen LogP contribution in [-0.4, -0.2) is 42.3 Å². The Morgan fingerprint density at radius 2 is 1.89 bits per heavy atom. The van der Waals surface area contributed by atoms with Crippen LogP contribution in [0, 0.1) is 0 Å². The van der Waals surface area contributed by atoms with Gasteiger partial charge in [0.1, 0.15) is 5.75 Å². The summed E-state index contributed by atoms with van der Waals surface area (Å²) in [7, 11) is 1.63. The van der Waals surface area contributed by atoms with Gasteiger partial charge in [0.05, 0.1) is 11.9 Å². The molecule has 1 heterocycles. The standard InChI is InChI=1S/C15H20BrNO2/c1-19-13-7-5-12(6-8-13)15(18)14(16)11-17-9-3-2-4-10-17/h5-8,14H,2-4,9-11H2,1H3/t14-/m0/s1. The molecule has 0 amide bonds. The molecule has 0 aromatic heterocycles. The number of hydrogen-bond donors (Lipinski definition) is 0. The van der Waals surface area contributed by atoms with Gasteiger partial charge < -0.3 is 9.64 Å². The Kier molecular flexibility index (Phi) is 5.40. The van der Waals surface area contributed by atoms with Crippen LogP contribution in [0.1, 0.15) is 29.6 Å². The fraction of sp³-hybridized carbons (Fsp3) is 0.533. The van der Waals surface area contributed by atoms with Gasteiger partial charge in [0.2, 0.25) is 0 Å². The SMILES string of the molecule is COc1ccc(C(=O)[C@@H](Br)CN2CCCCC2)cc1. The molecule has 3 nitrogen and oxygen atoms in total. The monoisotopic (exact) mass is 325 g/mol. The molecule has 0 aliphatic carbocycles. The van der Waals surface area contributed by atoms with Crippen molar-refractivity contribution < 1.29 is 9.53 Å². The Labute approximate surface area is 123 Å². The second-order valence-corrected chi connectivity index (χ2v) is 6.03. The summed E-state index contributed by atoms with van der Waals surface area (Å²) >= 11 is 3.53. The normalized spacial score (nSPS) is 18.0. The molecular formula is C15H20BrNO2.